The Morgan fingerprint density at radius 1 is 0.974 bits per heavy atom. The fraction of sp³-hybridized carbons (Fsp3) is 0.375. The van der Waals surface area contributed by atoms with Gasteiger partial charge in [0, 0.05) is 36.4 Å². The number of aryl methyl sites for hydroxylation is 1. The first-order chi connectivity index (χ1) is 19.0. The Morgan fingerprint density at radius 2 is 1.77 bits per heavy atom. The van der Waals surface area contributed by atoms with E-state index in [0.29, 0.717) is 32.7 Å². The Balaban J connectivity index is 1.24. The standard InChI is InChI=1S/C32H37NO6/c1-22-7-5-10-29-31(22)28(19-33(29)30-18-25(35)17-27(20-34)39-30)32(36)24-11-13-26(14-12-24)38-16-6-15-37-21-23-8-3-2-4-9-23/h2-5,7-14,19,25,27,30,32,34-36H,6,15-18,20-21H2,1H3. The number of nitrogens with zero attached hydrogens (tertiary/aromatic N) is 1. The van der Waals surface area contributed by atoms with Crippen molar-refractivity contribution in [2.75, 3.05) is 19.8 Å². The highest BCUT2D eigenvalue weighted by atomic mass is 16.5. The maximum atomic E-state index is 11.4. The lowest BCUT2D eigenvalue weighted by Gasteiger charge is -2.33. The molecule has 0 amide bonds. The largest absolute Gasteiger partial charge is 0.494 e. The van der Waals surface area contributed by atoms with Gasteiger partial charge in [-0.3, -0.25) is 0 Å². The smallest absolute Gasteiger partial charge is 0.136 e. The van der Waals surface area contributed by atoms with Gasteiger partial charge in [-0.1, -0.05) is 54.6 Å². The topological polar surface area (TPSA) is 93.3 Å². The van der Waals surface area contributed by atoms with Crippen LogP contribution in [0.3, 0.4) is 0 Å². The molecule has 1 fully saturated rings. The highest BCUT2D eigenvalue weighted by molar-refractivity contribution is 5.88. The summed E-state index contributed by atoms with van der Waals surface area (Å²) in [6.07, 6.45) is 1.28. The van der Waals surface area contributed by atoms with Gasteiger partial charge in [0.25, 0.3) is 0 Å². The lowest BCUT2D eigenvalue weighted by molar-refractivity contribution is -0.140. The summed E-state index contributed by atoms with van der Waals surface area (Å²) in [5.74, 6) is 0.743. The quantitative estimate of drug-likeness (QED) is 0.235. The van der Waals surface area contributed by atoms with Crippen molar-refractivity contribution < 1.29 is 29.5 Å². The first-order valence-electron chi connectivity index (χ1n) is 13.6. The van der Waals surface area contributed by atoms with Crippen molar-refractivity contribution in [3.63, 3.8) is 0 Å². The van der Waals surface area contributed by atoms with E-state index in [-0.39, 0.29) is 6.61 Å². The van der Waals surface area contributed by atoms with Crippen LogP contribution >= 0.6 is 0 Å². The van der Waals surface area contributed by atoms with E-state index in [4.69, 9.17) is 14.2 Å². The Hall–Kier alpha value is -3.20. The average Bonchev–Trinajstić information content (AvgIpc) is 3.36. The number of rotatable bonds is 11. The van der Waals surface area contributed by atoms with Crippen molar-refractivity contribution in [1.29, 1.82) is 0 Å². The highest BCUT2D eigenvalue weighted by Gasteiger charge is 2.31. The van der Waals surface area contributed by atoms with Crippen LogP contribution in [0.1, 0.15) is 53.8 Å². The number of ether oxygens (including phenoxy) is 3. The summed E-state index contributed by atoms with van der Waals surface area (Å²) in [5.41, 5.74) is 4.66. The van der Waals surface area contributed by atoms with Gasteiger partial charge in [-0.05, 0) is 41.8 Å². The highest BCUT2D eigenvalue weighted by Crippen LogP contribution is 2.37. The van der Waals surface area contributed by atoms with Crippen molar-refractivity contribution in [2.45, 2.75) is 57.3 Å². The van der Waals surface area contributed by atoms with E-state index < -0.39 is 24.5 Å². The Labute approximate surface area is 229 Å². The fourth-order valence-corrected chi connectivity index (χ4v) is 5.28. The molecule has 0 saturated carbocycles. The molecule has 1 aliphatic rings. The molecule has 5 rings (SSSR count). The molecule has 1 aliphatic heterocycles. The Morgan fingerprint density at radius 3 is 2.54 bits per heavy atom. The molecule has 4 atom stereocenters. The van der Waals surface area contributed by atoms with E-state index in [1.54, 1.807) is 0 Å². The third-order valence-corrected chi connectivity index (χ3v) is 7.27. The van der Waals surface area contributed by atoms with E-state index in [0.717, 1.165) is 45.3 Å². The summed E-state index contributed by atoms with van der Waals surface area (Å²) >= 11 is 0. The fourth-order valence-electron chi connectivity index (χ4n) is 5.28. The molecule has 4 aromatic rings. The van der Waals surface area contributed by atoms with Crippen LogP contribution in [0.15, 0.2) is 79.0 Å². The third-order valence-electron chi connectivity index (χ3n) is 7.27. The first-order valence-corrected chi connectivity index (χ1v) is 13.6. The summed E-state index contributed by atoms with van der Waals surface area (Å²) in [5, 5.41) is 32.4. The zero-order chi connectivity index (χ0) is 27.2. The van der Waals surface area contributed by atoms with E-state index in [1.807, 2.05) is 90.5 Å². The zero-order valence-electron chi connectivity index (χ0n) is 22.3. The van der Waals surface area contributed by atoms with Gasteiger partial charge in [0.05, 0.1) is 44.2 Å². The maximum Gasteiger partial charge on any atom is 0.136 e. The molecule has 206 valence electrons. The SMILES string of the molecule is Cc1cccc2c1c(C(O)c1ccc(OCCCOCc3ccccc3)cc1)cn2C1CC(O)CC(CO)O1. The average molecular weight is 532 g/mol. The maximum absolute atomic E-state index is 11.4. The van der Waals surface area contributed by atoms with E-state index in [2.05, 4.69) is 0 Å². The van der Waals surface area contributed by atoms with Crippen LogP contribution in [-0.2, 0) is 16.1 Å². The second kappa shape index (κ2) is 12.8. The van der Waals surface area contributed by atoms with Gasteiger partial charge in [0.1, 0.15) is 18.1 Å². The second-order valence-electron chi connectivity index (χ2n) is 10.2. The predicted molar refractivity (Wildman–Crippen MR) is 150 cm³/mol. The monoisotopic (exact) mass is 531 g/mol. The second-order valence-corrected chi connectivity index (χ2v) is 10.2. The molecule has 0 aliphatic carbocycles. The van der Waals surface area contributed by atoms with Crippen LogP contribution < -0.4 is 4.74 Å². The molecule has 0 spiro atoms. The van der Waals surface area contributed by atoms with Crippen molar-refractivity contribution in [3.8, 4) is 5.75 Å². The summed E-state index contributed by atoms with van der Waals surface area (Å²) in [4.78, 5) is 0. The summed E-state index contributed by atoms with van der Waals surface area (Å²) < 4.78 is 19.7. The molecule has 0 bridgehead atoms. The molecule has 39 heavy (non-hydrogen) atoms. The van der Waals surface area contributed by atoms with Gasteiger partial charge in [-0.25, -0.2) is 0 Å². The third kappa shape index (κ3) is 6.52. The van der Waals surface area contributed by atoms with E-state index in [1.165, 1.54) is 0 Å². The molecule has 0 radical (unpaired) electrons. The predicted octanol–water partition coefficient (Wildman–Crippen LogP) is 5.05. The van der Waals surface area contributed by atoms with Crippen molar-refractivity contribution in [3.05, 3.63) is 101 Å². The summed E-state index contributed by atoms with van der Waals surface area (Å²) in [7, 11) is 0. The van der Waals surface area contributed by atoms with Gasteiger partial charge >= 0.3 is 0 Å². The lowest BCUT2D eigenvalue weighted by atomic mass is 9.98. The number of aliphatic hydroxyl groups is 3. The molecule has 2 heterocycles. The Kier molecular flexibility index (Phi) is 8.96. The number of aromatic nitrogens is 1. The van der Waals surface area contributed by atoms with Gasteiger partial charge in [-0.15, -0.1) is 0 Å². The van der Waals surface area contributed by atoms with Gasteiger partial charge < -0.3 is 34.1 Å². The van der Waals surface area contributed by atoms with Crippen LogP contribution in [0.5, 0.6) is 5.75 Å². The van der Waals surface area contributed by atoms with Crippen molar-refractivity contribution >= 4 is 10.9 Å². The molecule has 1 aromatic heterocycles. The molecule has 1 saturated heterocycles. The van der Waals surface area contributed by atoms with Crippen molar-refractivity contribution in [2.24, 2.45) is 0 Å². The first kappa shape index (κ1) is 27.4. The number of aliphatic hydroxyl groups excluding tert-OH is 3. The van der Waals surface area contributed by atoms with E-state index in [9.17, 15) is 15.3 Å². The molecule has 4 unspecified atom stereocenters. The number of hydrogen-bond acceptors (Lipinski definition) is 6. The number of fused-ring (bicyclic) bond motifs is 1. The van der Waals surface area contributed by atoms with Gasteiger partial charge in [0.15, 0.2) is 0 Å². The lowest BCUT2D eigenvalue weighted by Crippen LogP contribution is -2.35. The molecule has 7 heteroatoms. The minimum atomic E-state index is -0.850. The minimum absolute atomic E-state index is 0.142. The summed E-state index contributed by atoms with van der Waals surface area (Å²) in [6.45, 7) is 3.65. The zero-order valence-corrected chi connectivity index (χ0v) is 22.3. The molecular formula is C32H37NO6. The summed E-state index contributed by atoms with van der Waals surface area (Å²) in [6, 6.07) is 23.6. The Bertz CT molecular complexity index is 1340. The minimum Gasteiger partial charge on any atom is -0.494 e. The van der Waals surface area contributed by atoms with Crippen LogP contribution in [0.4, 0.5) is 0 Å². The molecule has 7 nitrogen and oxygen atoms in total. The normalized spacial score (nSPS) is 20.3. The van der Waals surface area contributed by atoms with Crippen LogP contribution in [-0.4, -0.2) is 51.9 Å². The van der Waals surface area contributed by atoms with E-state index >= 15 is 0 Å². The number of hydrogen-bond donors (Lipinski definition) is 3. The molecule has 3 aromatic carbocycles. The van der Waals surface area contributed by atoms with Crippen LogP contribution in [0.2, 0.25) is 0 Å². The van der Waals surface area contributed by atoms with Crippen LogP contribution in [0.25, 0.3) is 10.9 Å². The molecule has 3 N–H and O–H groups in total. The number of benzene rings is 3. The van der Waals surface area contributed by atoms with Crippen LogP contribution in [0, 0.1) is 6.92 Å². The van der Waals surface area contributed by atoms with Gasteiger partial charge in [0.2, 0.25) is 0 Å². The van der Waals surface area contributed by atoms with Gasteiger partial charge in [-0.2, -0.15) is 0 Å². The molecular weight excluding hydrogens is 494 g/mol. The van der Waals surface area contributed by atoms with Crippen molar-refractivity contribution in [1.82, 2.24) is 4.57 Å².